The van der Waals surface area contributed by atoms with Crippen molar-refractivity contribution >= 4 is 11.6 Å². The summed E-state index contributed by atoms with van der Waals surface area (Å²) in [5.74, 6) is 0.429. The van der Waals surface area contributed by atoms with Crippen molar-refractivity contribution in [2.45, 2.75) is 66.6 Å². The van der Waals surface area contributed by atoms with Crippen LogP contribution in [0.1, 0.15) is 75.1 Å². The highest BCUT2D eigenvalue weighted by Gasteiger charge is 2.53. The Bertz CT molecular complexity index is 865. The van der Waals surface area contributed by atoms with Crippen LogP contribution >= 0.6 is 0 Å². The number of rotatable bonds is 0. The molecular formula is C24H30O4. The van der Waals surface area contributed by atoms with Crippen LogP contribution in [0.2, 0.25) is 0 Å². The number of ether oxygens (including phenoxy) is 2. The second kappa shape index (κ2) is 6.20. The Balaban J connectivity index is 1.75. The van der Waals surface area contributed by atoms with E-state index in [-0.39, 0.29) is 52.0 Å². The Morgan fingerprint density at radius 2 is 1.32 bits per heavy atom. The minimum atomic E-state index is -0.242. The van der Waals surface area contributed by atoms with E-state index in [0.29, 0.717) is 17.0 Å². The van der Waals surface area contributed by atoms with Gasteiger partial charge in [0.05, 0.1) is 0 Å². The number of carbonyl (C=O) groups is 2. The van der Waals surface area contributed by atoms with Crippen LogP contribution in [0.4, 0.5) is 0 Å². The molecule has 0 saturated heterocycles. The van der Waals surface area contributed by atoms with E-state index >= 15 is 0 Å². The molecule has 1 aromatic rings. The maximum absolute atomic E-state index is 13.0. The highest BCUT2D eigenvalue weighted by atomic mass is 16.6. The van der Waals surface area contributed by atoms with E-state index in [1.807, 2.05) is 0 Å². The second-order valence-electron chi connectivity index (χ2n) is 10.6. The third-order valence-electron chi connectivity index (χ3n) is 6.71. The molecule has 1 fully saturated rings. The van der Waals surface area contributed by atoms with E-state index in [2.05, 4.69) is 41.5 Å². The number of hydrogen-bond acceptors (Lipinski definition) is 4. The van der Waals surface area contributed by atoms with Gasteiger partial charge in [-0.3, -0.25) is 9.59 Å². The van der Waals surface area contributed by atoms with Crippen LogP contribution in [-0.2, 0) is 9.47 Å². The summed E-state index contributed by atoms with van der Waals surface area (Å²) < 4.78 is 12.6. The minimum Gasteiger partial charge on any atom is -0.479 e. The fourth-order valence-corrected chi connectivity index (χ4v) is 4.87. The van der Waals surface area contributed by atoms with Gasteiger partial charge in [-0.2, -0.15) is 0 Å². The van der Waals surface area contributed by atoms with E-state index < -0.39 is 0 Å². The number of hydrogen-bond donors (Lipinski definition) is 0. The average molecular weight is 383 g/mol. The van der Waals surface area contributed by atoms with Crippen molar-refractivity contribution < 1.29 is 19.1 Å². The Morgan fingerprint density at radius 3 is 1.82 bits per heavy atom. The van der Waals surface area contributed by atoms with Crippen LogP contribution in [0.5, 0.6) is 0 Å². The third-order valence-corrected chi connectivity index (χ3v) is 6.71. The second-order valence-corrected chi connectivity index (χ2v) is 10.6. The first-order valence-electron chi connectivity index (χ1n) is 10.2. The van der Waals surface area contributed by atoms with E-state index in [1.54, 1.807) is 24.3 Å². The monoisotopic (exact) mass is 382 g/mol. The van der Waals surface area contributed by atoms with Crippen LogP contribution in [0, 0.1) is 22.7 Å². The van der Waals surface area contributed by atoms with Crippen LogP contribution in [0.3, 0.4) is 0 Å². The van der Waals surface area contributed by atoms with Gasteiger partial charge in [0.25, 0.3) is 0 Å². The number of benzene rings is 1. The van der Waals surface area contributed by atoms with Crippen molar-refractivity contribution in [2.75, 3.05) is 0 Å². The zero-order valence-electron chi connectivity index (χ0n) is 17.7. The highest BCUT2D eigenvalue weighted by molar-refractivity contribution is 6.25. The maximum atomic E-state index is 13.0. The van der Waals surface area contributed by atoms with Crippen molar-refractivity contribution in [2.24, 2.45) is 22.7 Å². The molecule has 1 saturated carbocycles. The van der Waals surface area contributed by atoms with Gasteiger partial charge in [0.2, 0.25) is 23.1 Å². The molecule has 0 radical (unpaired) electrons. The molecule has 0 bridgehead atoms. The van der Waals surface area contributed by atoms with Crippen LogP contribution < -0.4 is 0 Å². The quantitative estimate of drug-likeness (QED) is 0.620. The van der Waals surface area contributed by atoms with Gasteiger partial charge in [0, 0.05) is 17.0 Å². The van der Waals surface area contributed by atoms with Crippen molar-refractivity contribution in [1.82, 2.24) is 0 Å². The van der Waals surface area contributed by atoms with Crippen LogP contribution in [0.25, 0.3) is 0 Å². The molecule has 4 unspecified atom stereocenters. The Kier molecular flexibility index (Phi) is 4.26. The van der Waals surface area contributed by atoms with Crippen molar-refractivity contribution in [3.05, 3.63) is 46.9 Å². The largest absolute Gasteiger partial charge is 0.479 e. The van der Waals surface area contributed by atoms with E-state index in [9.17, 15) is 9.59 Å². The van der Waals surface area contributed by atoms with Crippen molar-refractivity contribution in [1.29, 1.82) is 0 Å². The van der Waals surface area contributed by atoms with E-state index in [0.717, 1.165) is 12.8 Å². The number of fused-ring (bicyclic) bond motifs is 2. The summed E-state index contributed by atoms with van der Waals surface area (Å²) in [6, 6.07) is 6.92. The standard InChI is InChI=1S/C24H30O4/c1-23(2,3)13-11-16(24(4,5)6)20-17(12-13)27-21-18(25)14-9-7-8-10-15(14)19(26)22(21)28-20/h7-10,13,16-17,20H,11-12H2,1-6H3. The molecule has 0 amide bonds. The maximum Gasteiger partial charge on any atom is 0.232 e. The van der Waals surface area contributed by atoms with Gasteiger partial charge < -0.3 is 9.47 Å². The predicted molar refractivity (Wildman–Crippen MR) is 107 cm³/mol. The van der Waals surface area contributed by atoms with E-state index in [1.165, 1.54) is 0 Å². The lowest BCUT2D eigenvalue weighted by molar-refractivity contribution is -0.146. The third kappa shape index (κ3) is 2.98. The molecule has 0 spiro atoms. The Labute approximate surface area is 167 Å². The summed E-state index contributed by atoms with van der Waals surface area (Å²) in [6.07, 6.45) is 1.45. The van der Waals surface area contributed by atoms with Gasteiger partial charge in [-0.1, -0.05) is 65.8 Å². The highest BCUT2D eigenvalue weighted by Crippen LogP contribution is 2.51. The molecule has 1 aromatic carbocycles. The lowest BCUT2D eigenvalue weighted by atomic mass is 9.61. The molecule has 4 nitrogen and oxygen atoms in total. The van der Waals surface area contributed by atoms with Gasteiger partial charge in [0.15, 0.2) is 0 Å². The SMILES string of the molecule is CC(C)(C)C1CC2OC3=C(OC2C(C(C)(C)C)C1)C(=O)c1ccccc1C3=O. The Morgan fingerprint density at radius 1 is 0.786 bits per heavy atom. The van der Waals surface area contributed by atoms with Crippen LogP contribution in [-0.4, -0.2) is 23.8 Å². The fourth-order valence-electron chi connectivity index (χ4n) is 4.87. The molecular weight excluding hydrogens is 352 g/mol. The summed E-state index contributed by atoms with van der Waals surface area (Å²) in [5.41, 5.74) is 0.965. The summed E-state index contributed by atoms with van der Waals surface area (Å²) >= 11 is 0. The van der Waals surface area contributed by atoms with Gasteiger partial charge >= 0.3 is 0 Å². The van der Waals surface area contributed by atoms with Crippen molar-refractivity contribution in [3.8, 4) is 0 Å². The summed E-state index contributed by atoms with van der Waals surface area (Å²) in [7, 11) is 0. The molecule has 2 aliphatic carbocycles. The first-order valence-corrected chi connectivity index (χ1v) is 10.2. The molecule has 4 atom stereocenters. The van der Waals surface area contributed by atoms with Gasteiger partial charge in [-0.25, -0.2) is 0 Å². The first kappa shape index (κ1) is 19.2. The smallest absolute Gasteiger partial charge is 0.232 e. The average Bonchev–Trinajstić information content (AvgIpc) is 2.62. The van der Waals surface area contributed by atoms with Crippen LogP contribution in [0.15, 0.2) is 35.8 Å². The summed E-state index contributed by atoms with van der Waals surface area (Å²) in [4.78, 5) is 26.0. The lowest BCUT2D eigenvalue weighted by Crippen LogP contribution is -2.53. The predicted octanol–water partition coefficient (Wildman–Crippen LogP) is 5.18. The topological polar surface area (TPSA) is 52.6 Å². The minimum absolute atomic E-state index is 0.00783. The van der Waals surface area contributed by atoms with Gasteiger partial charge in [0.1, 0.15) is 12.2 Å². The molecule has 1 aliphatic heterocycles. The number of ketones is 2. The Hall–Kier alpha value is -2.10. The molecule has 0 aromatic heterocycles. The number of allylic oxidation sites excluding steroid dienone is 2. The normalized spacial score (nSPS) is 30.1. The zero-order valence-corrected chi connectivity index (χ0v) is 17.7. The molecule has 4 rings (SSSR count). The van der Waals surface area contributed by atoms with Gasteiger partial charge in [-0.05, 0) is 29.6 Å². The molecule has 28 heavy (non-hydrogen) atoms. The molecule has 3 aliphatic rings. The van der Waals surface area contributed by atoms with Gasteiger partial charge in [-0.15, -0.1) is 0 Å². The summed E-state index contributed by atoms with van der Waals surface area (Å²) in [6.45, 7) is 13.4. The molecule has 4 heteroatoms. The fraction of sp³-hybridized carbons (Fsp3) is 0.583. The summed E-state index contributed by atoms with van der Waals surface area (Å²) in [5, 5.41) is 0. The van der Waals surface area contributed by atoms with E-state index in [4.69, 9.17) is 9.47 Å². The molecule has 0 N–H and O–H groups in total. The number of Topliss-reactive ketones (excluding diaryl/α,β-unsaturated/α-hetero) is 2. The zero-order chi connectivity index (χ0) is 20.4. The molecule has 1 heterocycles. The number of carbonyl (C=O) groups excluding carboxylic acids is 2. The molecule has 150 valence electrons. The van der Waals surface area contributed by atoms with Crippen molar-refractivity contribution in [3.63, 3.8) is 0 Å². The lowest BCUT2D eigenvalue weighted by Gasteiger charge is -2.51. The first-order chi connectivity index (χ1) is 13.0.